The molecule has 2 heterocycles. The fraction of sp³-hybridized carbons (Fsp3) is 0.173. The van der Waals surface area contributed by atoms with Gasteiger partial charge < -0.3 is 36.8 Å². The molecular formula is C104H94N4Na2O14S8. The number of nitrogens with zero attached hydrogens (tertiary/aromatic N) is 4. The van der Waals surface area contributed by atoms with Crippen molar-refractivity contribution in [3.63, 3.8) is 0 Å². The maximum atomic E-state index is 12.9. The average Bonchev–Trinajstić information content (AvgIpc) is 0.739. The third-order valence-corrected chi connectivity index (χ3v) is 30.3. The number of anilines is 4. The van der Waals surface area contributed by atoms with Crippen molar-refractivity contribution < 1.29 is 120 Å². The van der Waals surface area contributed by atoms with E-state index in [0.29, 0.717) is 110 Å². The van der Waals surface area contributed by atoms with Gasteiger partial charge in [-0.05, 0) is 211 Å². The minimum atomic E-state index is -4.90. The van der Waals surface area contributed by atoms with Gasteiger partial charge in [0.25, 0.3) is 0 Å². The SMILES string of the molecule is Cc1cccc(C)c1N(CCCSc1ccccc1)c1ccc2c(-c3ccccc3S(=O)(=O)[O-])c3ccc(=[N+](CCCSc4ccccc4)c4c(C)cc(S(=O)(=O)[O-])cc4C)cc-3oc2c1.Cc1cccc(C)c1N(CCSc1ccccc1)c1ccc2c(-c3ccccc3S(=O)(=O)[O-])c3ccc(=[N+](CCSc4ccccc4)c4c(C)cc(S(=O)(=O)[O-])cc4C)cc-3oc2c1.[Na+].[Na+]. The second kappa shape index (κ2) is 44.0. The molecule has 0 unspecified atom stereocenters. The Balaban J connectivity index is 0.000000221. The summed E-state index contributed by atoms with van der Waals surface area (Å²) >= 11 is 6.99. The zero-order valence-corrected chi connectivity index (χ0v) is 85.2. The summed E-state index contributed by atoms with van der Waals surface area (Å²) in [5.41, 5.74) is 16.1. The Morgan fingerprint density at radius 2 is 0.636 bits per heavy atom. The molecular weight excluding hydrogens is 1830 g/mol. The van der Waals surface area contributed by atoms with Gasteiger partial charge in [0.05, 0.1) is 37.5 Å². The molecule has 12 aromatic carbocycles. The summed E-state index contributed by atoms with van der Waals surface area (Å²) in [5.74, 6) is 4.01. The minimum absolute atomic E-state index is 0. The van der Waals surface area contributed by atoms with Gasteiger partial charge in [-0.25, -0.2) is 33.7 Å². The molecule has 664 valence electrons. The normalized spacial score (nSPS) is 12.3. The van der Waals surface area contributed by atoms with Crippen LogP contribution in [0.5, 0.6) is 0 Å². The first-order chi connectivity index (χ1) is 62.3. The van der Waals surface area contributed by atoms with Gasteiger partial charge in [-0.2, -0.15) is 9.15 Å². The van der Waals surface area contributed by atoms with Crippen LogP contribution in [0.1, 0.15) is 57.3 Å². The Hall–Kier alpha value is -9.34. The molecule has 0 amide bonds. The van der Waals surface area contributed by atoms with Crippen molar-refractivity contribution in [2.75, 3.05) is 59.0 Å². The van der Waals surface area contributed by atoms with Gasteiger partial charge in [0.2, 0.25) is 22.1 Å². The van der Waals surface area contributed by atoms with Gasteiger partial charge >= 0.3 is 59.1 Å². The zero-order valence-electron chi connectivity index (χ0n) is 74.7. The van der Waals surface area contributed by atoms with Gasteiger partial charge in [0, 0.05) is 164 Å². The van der Waals surface area contributed by atoms with E-state index < -0.39 is 40.5 Å². The van der Waals surface area contributed by atoms with Gasteiger partial charge in [0.1, 0.15) is 69.7 Å². The van der Waals surface area contributed by atoms with Crippen molar-refractivity contribution in [2.45, 2.75) is 107 Å². The summed E-state index contributed by atoms with van der Waals surface area (Å²) in [6.45, 7) is 18.0. The van der Waals surface area contributed by atoms with Crippen LogP contribution in [-0.4, -0.2) is 101 Å². The van der Waals surface area contributed by atoms with Crippen molar-refractivity contribution in [1.29, 1.82) is 0 Å². The van der Waals surface area contributed by atoms with E-state index >= 15 is 0 Å². The first kappa shape index (κ1) is 100. The molecule has 0 fully saturated rings. The predicted molar refractivity (Wildman–Crippen MR) is 524 cm³/mol. The van der Waals surface area contributed by atoms with Crippen LogP contribution in [0.3, 0.4) is 0 Å². The Bertz CT molecular complexity index is 7420. The standard InChI is InChI=1S/C53H50N2O7S4.C51H46N2O7S4.2Na/c1-36-16-13-17-37(2)52(36)54(28-14-30-63-42-18-7-5-8-19-42)40-24-26-45-48(34-40)62-49-35-41(25-27-46(49)51(45)47-22-11-12-23-50(47)66(59,60)61)55(29-15-31-64-43-20-9-6-10-21-43)53-38(3)32-44(33-39(53)4)65(56,57)58;1-34-14-13-15-35(2)50(34)52(26-28-61-40-16-7-5-8-17-40)38-22-24-43-46(32-38)60-47-33-39(23-25-44(47)49(43)45-20-11-12-21-48(45)64(57,58)59)53(27-29-62-41-18-9-6-10-19-41)51-36(3)30-42(31-37(51)4)63(54,55)56;;/h5-13,16-27,32-35H,14-15,28-31H2,1-4H3,(H-,56,57,58,59,60,61);5-25,30-33H,26-29H2,1-4H3,(H-,54,55,56,57,58,59);;/q;;2*+1/p-2. The Morgan fingerprint density at radius 1 is 0.303 bits per heavy atom. The quantitative estimate of drug-likeness (QED) is 0.0101. The van der Waals surface area contributed by atoms with Crippen molar-refractivity contribution in [3.05, 3.63) is 359 Å². The molecule has 132 heavy (non-hydrogen) atoms. The molecule has 4 aliphatic rings. The van der Waals surface area contributed by atoms with Gasteiger partial charge in [-0.3, -0.25) is 0 Å². The van der Waals surface area contributed by atoms with E-state index in [0.717, 1.165) is 107 Å². The number of benzene rings is 14. The number of aryl methyl sites for hydroxylation is 8. The number of para-hydroxylation sites is 2. The Morgan fingerprint density at radius 3 is 1.01 bits per heavy atom. The van der Waals surface area contributed by atoms with Gasteiger partial charge in [-0.15, -0.1) is 47.0 Å². The molecule has 0 atom stereocenters. The van der Waals surface area contributed by atoms with E-state index in [-0.39, 0.29) is 89.8 Å². The molecule has 0 spiro atoms. The topological polar surface area (TPSA) is 268 Å². The molecule has 0 saturated carbocycles. The largest absolute Gasteiger partial charge is 1.00 e. The smallest absolute Gasteiger partial charge is 0.744 e. The van der Waals surface area contributed by atoms with Crippen LogP contribution in [-0.2, 0) is 40.5 Å². The summed E-state index contributed by atoms with van der Waals surface area (Å²) in [5, 5.41) is 2.71. The molecule has 0 bridgehead atoms. The fourth-order valence-electron chi connectivity index (χ4n) is 17.1. The average molecular weight is 1930 g/mol. The molecule has 0 N–H and O–H groups in total. The molecule has 2 aliphatic carbocycles. The van der Waals surface area contributed by atoms with Crippen molar-refractivity contribution in [1.82, 2.24) is 9.15 Å². The van der Waals surface area contributed by atoms with E-state index in [1.165, 1.54) is 52.3 Å². The van der Waals surface area contributed by atoms with Crippen molar-refractivity contribution in [2.24, 2.45) is 0 Å². The van der Waals surface area contributed by atoms with Crippen molar-refractivity contribution in [3.8, 4) is 44.9 Å². The molecule has 18 nitrogen and oxygen atoms in total. The second-order valence-corrected chi connectivity index (χ2v) is 41.9. The molecule has 12 aromatic rings. The van der Waals surface area contributed by atoms with E-state index in [1.807, 2.05) is 176 Å². The molecule has 28 heteroatoms. The first-order valence-corrected chi connectivity index (χ1v) is 51.8. The molecule has 0 aromatic heterocycles. The summed E-state index contributed by atoms with van der Waals surface area (Å²) < 4.78 is 168. The Kier molecular flexibility index (Phi) is 33.4. The summed E-state index contributed by atoms with van der Waals surface area (Å²) in [7, 11) is -19.2. The van der Waals surface area contributed by atoms with E-state index in [2.05, 4.69) is 113 Å². The zero-order chi connectivity index (χ0) is 91.8. The third-order valence-electron chi connectivity index (χ3n) is 22.7. The van der Waals surface area contributed by atoms with E-state index in [9.17, 15) is 51.9 Å². The molecule has 0 saturated heterocycles. The third kappa shape index (κ3) is 23.6. The number of hydrogen-bond acceptors (Lipinski definition) is 20. The molecule has 2 aliphatic heterocycles. The van der Waals surface area contributed by atoms with E-state index in [4.69, 9.17) is 8.83 Å². The second-order valence-electron chi connectivity index (χ2n) is 31.7. The van der Waals surface area contributed by atoms with Crippen LogP contribution in [0.4, 0.5) is 34.1 Å². The van der Waals surface area contributed by atoms with Crippen LogP contribution >= 0.6 is 47.0 Å². The van der Waals surface area contributed by atoms with Crippen LogP contribution < -0.4 is 88.8 Å². The Labute approximate surface area is 833 Å². The minimum Gasteiger partial charge on any atom is -0.744 e. The maximum Gasteiger partial charge on any atom is 1.00 e. The fourth-order valence-corrected chi connectivity index (χ4v) is 23.2. The number of rotatable bonds is 30. The monoisotopic (exact) mass is 1920 g/mol. The molecule has 0 radical (unpaired) electrons. The summed E-state index contributed by atoms with van der Waals surface area (Å²) in [6.07, 6.45) is 1.62. The number of fused-ring (bicyclic) bond motifs is 4. The van der Waals surface area contributed by atoms with E-state index in [1.54, 1.807) is 93.3 Å². The first-order valence-electron chi connectivity index (χ1n) is 42.2. The van der Waals surface area contributed by atoms with Crippen LogP contribution in [0, 0.1) is 55.4 Å². The van der Waals surface area contributed by atoms with Crippen LogP contribution in [0.2, 0.25) is 0 Å². The van der Waals surface area contributed by atoms with Crippen molar-refractivity contribution >= 4 is 144 Å². The van der Waals surface area contributed by atoms with Gasteiger partial charge in [-0.1, -0.05) is 146 Å². The van der Waals surface area contributed by atoms with Crippen LogP contribution in [0.15, 0.2) is 351 Å². The maximum absolute atomic E-state index is 12.9. The number of hydrogen-bond donors (Lipinski definition) is 0. The predicted octanol–water partition coefficient (Wildman–Crippen LogP) is 16.9. The summed E-state index contributed by atoms with van der Waals surface area (Å²) in [4.78, 5) is 7.94. The summed E-state index contributed by atoms with van der Waals surface area (Å²) in [6, 6.07) is 94.6. The van der Waals surface area contributed by atoms with Crippen LogP contribution in [0.25, 0.3) is 66.8 Å². The van der Waals surface area contributed by atoms with Gasteiger partial charge in [0.15, 0.2) is 6.54 Å². The molecule has 16 rings (SSSR count). The number of thioether (sulfide) groups is 4.